The average Bonchev–Trinajstić information content (AvgIpc) is 2.98. The zero-order valence-corrected chi connectivity index (χ0v) is 11.8. The first-order valence-electron chi connectivity index (χ1n) is 7.37. The van der Waals surface area contributed by atoms with Gasteiger partial charge >= 0.3 is 0 Å². The van der Waals surface area contributed by atoms with Crippen molar-refractivity contribution in [2.24, 2.45) is 0 Å². The molecule has 1 aromatic carbocycles. The maximum Gasteiger partial charge on any atom is 0.239 e. The Morgan fingerprint density at radius 1 is 1.26 bits per heavy atom. The highest BCUT2D eigenvalue weighted by Crippen LogP contribution is 2.10. The Hall–Kier alpha value is -1.35. The van der Waals surface area contributed by atoms with E-state index < -0.39 is 0 Å². The summed E-state index contributed by atoms with van der Waals surface area (Å²) in [6, 6.07) is 10.4. The van der Waals surface area contributed by atoms with Crippen LogP contribution >= 0.6 is 0 Å². The van der Waals surface area contributed by atoms with Crippen molar-refractivity contribution in [1.82, 2.24) is 10.2 Å². The highest BCUT2D eigenvalue weighted by Gasteiger charge is 2.24. The number of likely N-dealkylation sites (tertiary alicyclic amines) is 1. The summed E-state index contributed by atoms with van der Waals surface area (Å²) in [4.78, 5) is 14.3. The van der Waals surface area contributed by atoms with Crippen molar-refractivity contribution >= 4 is 5.91 Å². The van der Waals surface area contributed by atoms with Gasteiger partial charge in [0.25, 0.3) is 0 Å². The summed E-state index contributed by atoms with van der Waals surface area (Å²) in [6.07, 6.45) is 4.16. The second-order valence-corrected chi connectivity index (χ2v) is 5.18. The van der Waals surface area contributed by atoms with E-state index in [1.54, 1.807) is 0 Å². The molecule has 1 aliphatic heterocycles. The number of benzene rings is 1. The number of carbonyl (C=O) groups excluding carboxylic acids is 1. The Morgan fingerprint density at radius 2 is 1.95 bits per heavy atom. The molecule has 3 nitrogen and oxygen atoms in total. The van der Waals surface area contributed by atoms with Crippen molar-refractivity contribution in [3.05, 3.63) is 35.9 Å². The van der Waals surface area contributed by atoms with Crippen LogP contribution in [0.25, 0.3) is 0 Å². The molecule has 0 spiro atoms. The minimum absolute atomic E-state index is 0.0122. The molecule has 2 rings (SSSR count). The fourth-order valence-corrected chi connectivity index (χ4v) is 2.60. The molecule has 0 aliphatic carbocycles. The lowest BCUT2D eigenvalue weighted by Gasteiger charge is -2.23. The zero-order valence-electron chi connectivity index (χ0n) is 11.8. The number of nitrogens with one attached hydrogen (secondary N) is 1. The van der Waals surface area contributed by atoms with Crippen LogP contribution in [0.1, 0.15) is 31.7 Å². The van der Waals surface area contributed by atoms with Crippen molar-refractivity contribution in [2.75, 3.05) is 19.6 Å². The molecule has 1 N–H and O–H groups in total. The van der Waals surface area contributed by atoms with Gasteiger partial charge in [-0.2, -0.15) is 0 Å². The Balaban J connectivity index is 1.77. The van der Waals surface area contributed by atoms with E-state index in [9.17, 15) is 4.79 Å². The van der Waals surface area contributed by atoms with E-state index in [2.05, 4.69) is 36.5 Å². The van der Waals surface area contributed by atoms with E-state index in [0.29, 0.717) is 0 Å². The van der Waals surface area contributed by atoms with Gasteiger partial charge in [-0.25, -0.2) is 0 Å². The third-order valence-corrected chi connectivity index (χ3v) is 3.77. The van der Waals surface area contributed by atoms with Gasteiger partial charge in [-0.1, -0.05) is 37.3 Å². The Kier molecular flexibility index (Phi) is 5.40. The summed E-state index contributed by atoms with van der Waals surface area (Å²) < 4.78 is 0. The normalized spacial score (nSPS) is 16.6. The van der Waals surface area contributed by atoms with E-state index in [-0.39, 0.29) is 11.9 Å². The average molecular weight is 260 g/mol. The van der Waals surface area contributed by atoms with Crippen LogP contribution in [0, 0.1) is 0 Å². The number of nitrogens with zero attached hydrogens (tertiary/aromatic N) is 1. The number of amides is 1. The maximum atomic E-state index is 12.3. The zero-order chi connectivity index (χ0) is 13.5. The number of carbonyl (C=O) groups is 1. The van der Waals surface area contributed by atoms with Gasteiger partial charge in [-0.3, -0.25) is 4.79 Å². The number of hydrogen-bond donors (Lipinski definition) is 1. The molecule has 0 saturated carbocycles. The highest BCUT2D eigenvalue weighted by atomic mass is 16.2. The minimum atomic E-state index is -0.0122. The topological polar surface area (TPSA) is 32.3 Å². The quantitative estimate of drug-likeness (QED) is 0.850. The minimum Gasteiger partial charge on any atom is -0.341 e. The third-order valence-electron chi connectivity index (χ3n) is 3.77. The van der Waals surface area contributed by atoms with E-state index in [1.807, 2.05) is 11.0 Å². The van der Waals surface area contributed by atoms with Crippen LogP contribution in [0.5, 0.6) is 0 Å². The second-order valence-electron chi connectivity index (χ2n) is 5.18. The third kappa shape index (κ3) is 4.06. The fraction of sp³-hybridized carbons (Fsp3) is 0.562. The second kappa shape index (κ2) is 7.29. The molecule has 104 valence electrons. The van der Waals surface area contributed by atoms with Crippen LogP contribution in [-0.4, -0.2) is 36.5 Å². The predicted octanol–water partition coefficient (Wildman–Crippen LogP) is 2.22. The molecule has 19 heavy (non-hydrogen) atoms. The summed E-state index contributed by atoms with van der Waals surface area (Å²) in [5.41, 5.74) is 1.32. The molecule has 1 heterocycles. The highest BCUT2D eigenvalue weighted by molar-refractivity contribution is 5.82. The monoisotopic (exact) mass is 260 g/mol. The van der Waals surface area contributed by atoms with Gasteiger partial charge in [0.05, 0.1) is 6.04 Å². The molecule has 1 amide bonds. The molecule has 1 unspecified atom stereocenters. The Bertz CT molecular complexity index is 385. The van der Waals surface area contributed by atoms with Crippen LogP contribution in [0.15, 0.2) is 30.3 Å². The molecule has 0 bridgehead atoms. The molecule has 0 aromatic heterocycles. The number of rotatable bonds is 6. The fourth-order valence-electron chi connectivity index (χ4n) is 2.60. The molecule has 1 atom stereocenters. The van der Waals surface area contributed by atoms with Crippen molar-refractivity contribution in [3.8, 4) is 0 Å². The smallest absolute Gasteiger partial charge is 0.239 e. The first-order chi connectivity index (χ1) is 9.31. The van der Waals surface area contributed by atoms with E-state index >= 15 is 0 Å². The van der Waals surface area contributed by atoms with Gasteiger partial charge in [-0.15, -0.1) is 0 Å². The van der Waals surface area contributed by atoms with Crippen LogP contribution < -0.4 is 5.32 Å². The van der Waals surface area contributed by atoms with Gasteiger partial charge in [-0.05, 0) is 37.8 Å². The van der Waals surface area contributed by atoms with E-state index in [1.165, 1.54) is 5.56 Å². The predicted molar refractivity (Wildman–Crippen MR) is 78.0 cm³/mol. The molecule has 1 fully saturated rings. The molecule has 1 aromatic rings. The van der Waals surface area contributed by atoms with Crippen LogP contribution in [0.2, 0.25) is 0 Å². The summed E-state index contributed by atoms with van der Waals surface area (Å²) in [5, 5.41) is 3.40. The van der Waals surface area contributed by atoms with Crippen LogP contribution in [-0.2, 0) is 11.2 Å². The van der Waals surface area contributed by atoms with Crippen molar-refractivity contribution in [1.29, 1.82) is 0 Å². The van der Waals surface area contributed by atoms with Crippen molar-refractivity contribution in [2.45, 2.75) is 38.6 Å². The van der Waals surface area contributed by atoms with Gasteiger partial charge in [0, 0.05) is 13.1 Å². The lowest BCUT2D eigenvalue weighted by atomic mass is 10.1. The van der Waals surface area contributed by atoms with Gasteiger partial charge in [0.2, 0.25) is 5.91 Å². The van der Waals surface area contributed by atoms with Gasteiger partial charge < -0.3 is 10.2 Å². The first kappa shape index (κ1) is 14.1. The Labute approximate surface area is 116 Å². The van der Waals surface area contributed by atoms with Crippen LogP contribution in [0.4, 0.5) is 0 Å². The van der Waals surface area contributed by atoms with Crippen LogP contribution in [0.3, 0.4) is 0 Å². The SMILES string of the molecule is CCC(NCCc1ccccc1)C(=O)N1CCCC1. The lowest BCUT2D eigenvalue weighted by Crippen LogP contribution is -2.45. The summed E-state index contributed by atoms with van der Waals surface area (Å²) in [6.45, 7) is 4.82. The molecule has 0 radical (unpaired) electrons. The lowest BCUT2D eigenvalue weighted by molar-refractivity contribution is -0.132. The summed E-state index contributed by atoms with van der Waals surface area (Å²) in [5.74, 6) is 0.285. The molecular formula is C16H24N2O. The van der Waals surface area contributed by atoms with Gasteiger partial charge in [0.15, 0.2) is 0 Å². The molecule has 3 heteroatoms. The summed E-state index contributed by atoms with van der Waals surface area (Å²) >= 11 is 0. The largest absolute Gasteiger partial charge is 0.341 e. The standard InChI is InChI=1S/C16H24N2O/c1-2-15(16(19)18-12-6-7-13-18)17-11-10-14-8-4-3-5-9-14/h3-5,8-9,15,17H,2,6-7,10-13H2,1H3. The summed E-state index contributed by atoms with van der Waals surface area (Å²) in [7, 11) is 0. The maximum absolute atomic E-state index is 12.3. The molecular weight excluding hydrogens is 236 g/mol. The van der Waals surface area contributed by atoms with Crippen molar-refractivity contribution < 1.29 is 4.79 Å². The molecule has 1 aliphatic rings. The van der Waals surface area contributed by atoms with Crippen molar-refractivity contribution in [3.63, 3.8) is 0 Å². The number of hydrogen-bond acceptors (Lipinski definition) is 2. The molecule has 1 saturated heterocycles. The van der Waals surface area contributed by atoms with Gasteiger partial charge in [0.1, 0.15) is 0 Å². The first-order valence-corrected chi connectivity index (χ1v) is 7.37. The van der Waals surface area contributed by atoms with E-state index in [0.717, 1.165) is 45.3 Å². The van der Waals surface area contributed by atoms with E-state index in [4.69, 9.17) is 0 Å². The Morgan fingerprint density at radius 3 is 2.58 bits per heavy atom.